The van der Waals surface area contributed by atoms with E-state index in [2.05, 4.69) is 95.6 Å². The maximum absolute atomic E-state index is 4.65. The molecule has 0 saturated carbocycles. The summed E-state index contributed by atoms with van der Waals surface area (Å²) in [6.45, 7) is 6.72. The number of pyridine rings is 2. The Morgan fingerprint density at radius 3 is 2.34 bits per heavy atom. The molecule has 0 spiro atoms. The minimum Gasteiger partial charge on any atom is -0.263 e. The van der Waals surface area contributed by atoms with Gasteiger partial charge in [-0.3, -0.25) is 9.97 Å². The molecular weight excluding hydrogens is 466 g/mol. The van der Waals surface area contributed by atoms with Gasteiger partial charge in [0.05, 0.1) is 17.6 Å². The van der Waals surface area contributed by atoms with Gasteiger partial charge in [0.1, 0.15) is 5.69 Å². The fourth-order valence-electron chi connectivity index (χ4n) is 5.02. The molecular formula is C33H35N5. The molecule has 0 aliphatic heterocycles. The van der Waals surface area contributed by atoms with Crippen molar-refractivity contribution in [3.63, 3.8) is 0 Å². The molecule has 0 radical (unpaired) electrons. The van der Waals surface area contributed by atoms with Crippen molar-refractivity contribution in [2.75, 3.05) is 0 Å². The van der Waals surface area contributed by atoms with E-state index in [1.807, 2.05) is 41.6 Å². The van der Waals surface area contributed by atoms with Gasteiger partial charge < -0.3 is 0 Å². The fraction of sp³-hybridized carbons (Fsp3) is 0.273. The van der Waals surface area contributed by atoms with E-state index in [1.165, 1.54) is 24.0 Å². The third-order valence-corrected chi connectivity index (χ3v) is 7.30. The minimum absolute atomic E-state index is 0.488. The summed E-state index contributed by atoms with van der Waals surface area (Å²) in [5.41, 5.74) is 9.78. The summed E-state index contributed by atoms with van der Waals surface area (Å²) in [5.74, 6) is 0.488. The average molecular weight is 502 g/mol. The number of hydrogen-bond acceptors (Lipinski definition) is 4. The first-order valence-corrected chi connectivity index (χ1v) is 13.7. The van der Waals surface area contributed by atoms with Gasteiger partial charge >= 0.3 is 0 Å². The predicted octanol–water partition coefficient (Wildman–Crippen LogP) is 8.30. The third-order valence-electron chi connectivity index (χ3n) is 7.30. The van der Waals surface area contributed by atoms with E-state index in [0.29, 0.717) is 5.92 Å². The van der Waals surface area contributed by atoms with Crippen molar-refractivity contribution in [2.45, 2.75) is 58.8 Å². The molecule has 0 aliphatic carbocycles. The Kier molecular flexibility index (Phi) is 8.03. The molecule has 38 heavy (non-hydrogen) atoms. The largest absolute Gasteiger partial charge is 0.263 e. The predicted molar refractivity (Wildman–Crippen MR) is 155 cm³/mol. The molecule has 0 amide bonds. The van der Waals surface area contributed by atoms with Crippen LogP contribution in [0.5, 0.6) is 0 Å². The second-order valence-electron chi connectivity index (χ2n) is 9.81. The first kappa shape index (κ1) is 25.5. The monoisotopic (exact) mass is 501 g/mol. The molecule has 192 valence electrons. The highest BCUT2D eigenvalue weighted by Crippen LogP contribution is 2.34. The summed E-state index contributed by atoms with van der Waals surface area (Å²) in [6.07, 6.45) is 13.3. The van der Waals surface area contributed by atoms with Gasteiger partial charge in [-0.05, 0) is 78.6 Å². The molecule has 3 heterocycles. The van der Waals surface area contributed by atoms with E-state index in [9.17, 15) is 0 Å². The summed E-state index contributed by atoms with van der Waals surface area (Å²) in [5, 5.41) is 8.97. The Labute approximate surface area is 225 Å². The highest BCUT2D eigenvalue weighted by Gasteiger charge is 2.16. The molecule has 0 fully saturated rings. The van der Waals surface area contributed by atoms with E-state index in [4.69, 9.17) is 0 Å². The van der Waals surface area contributed by atoms with Gasteiger partial charge in [0.2, 0.25) is 0 Å². The van der Waals surface area contributed by atoms with E-state index in [0.717, 1.165) is 58.6 Å². The topological polar surface area (TPSA) is 56.5 Å². The third kappa shape index (κ3) is 5.57. The van der Waals surface area contributed by atoms with E-state index < -0.39 is 0 Å². The molecule has 0 N–H and O–H groups in total. The van der Waals surface area contributed by atoms with Crippen LogP contribution in [0.3, 0.4) is 0 Å². The molecule has 5 nitrogen and oxygen atoms in total. The molecule has 2 aromatic carbocycles. The number of benzene rings is 2. The lowest BCUT2D eigenvalue weighted by molar-refractivity contribution is 0.642. The number of nitrogens with zero attached hydrogens (tertiary/aromatic N) is 5. The van der Waals surface area contributed by atoms with Crippen LogP contribution < -0.4 is 0 Å². The van der Waals surface area contributed by atoms with E-state index in [1.54, 1.807) is 0 Å². The quantitative estimate of drug-likeness (QED) is 0.193. The molecule has 0 unspecified atom stereocenters. The van der Waals surface area contributed by atoms with Gasteiger partial charge in [0, 0.05) is 35.3 Å². The molecule has 3 aromatic heterocycles. The Morgan fingerprint density at radius 1 is 0.789 bits per heavy atom. The first-order chi connectivity index (χ1) is 18.7. The summed E-state index contributed by atoms with van der Waals surface area (Å²) in [7, 11) is 0. The minimum atomic E-state index is 0.488. The van der Waals surface area contributed by atoms with Crippen LogP contribution >= 0.6 is 0 Å². The number of aromatic nitrogens is 5. The number of aryl methyl sites for hydroxylation is 1. The zero-order chi connectivity index (χ0) is 26.3. The Morgan fingerprint density at radius 2 is 1.61 bits per heavy atom. The van der Waals surface area contributed by atoms with Crippen LogP contribution in [0.2, 0.25) is 0 Å². The van der Waals surface area contributed by atoms with Crippen LogP contribution in [-0.2, 0) is 6.42 Å². The molecule has 0 bridgehead atoms. The highest BCUT2D eigenvalue weighted by atomic mass is 15.4. The van der Waals surface area contributed by atoms with Crippen molar-refractivity contribution in [1.29, 1.82) is 0 Å². The summed E-state index contributed by atoms with van der Waals surface area (Å²) in [6, 6.07) is 23.6. The summed E-state index contributed by atoms with van der Waals surface area (Å²) in [4.78, 5) is 9.16. The van der Waals surface area contributed by atoms with Crippen molar-refractivity contribution >= 4 is 0 Å². The van der Waals surface area contributed by atoms with Crippen molar-refractivity contribution in [2.24, 2.45) is 0 Å². The Hall–Kier alpha value is -4.12. The van der Waals surface area contributed by atoms with Gasteiger partial charge in [-0.2, -0.15) is 0 Å². The van der Waals surface area contributed by atoms with Gasteiger partial charge in [-0.15, -0.1) is 5.10 Å². The second-order valence-corrected chi connectivity index (χ2v) is 9.81. The zero-order valence-electron chi connectivity index (χ0n) is 22.5. The molecule has 5 aromatic rings. The Bertz CT molecular complexity index is 1470. The van der Waals surface area contributed by atoms with Crippen molar-refractivity contribution in [3.05, 3.63) is 103 Å². The van der Waals surface area contributed by atoms with Crippen molar-refractivity contribution in [3.8, 4) is 39.3 Å². The van der Waals surface area contributed by atoms with Crippen LogP contribution in [0, 0.1) is 0 Å². The molecule has 5 heteroatoms. The summed E-state index contributed by atoms with van der Waals surface area (Å²) < 4.78 is 1.84. The second kappa shape index (κ2) is 12.0. The molecule has 0 aliphatic rings. The fourth-order valence-corrected chi connectivity index (χ4v) is 5.02. The molecule has 0 saturated heterocycles. The smallest absolute Gasteiger partial charge is 0.115 e. The van der Waals surface area contributed by atoms with Crippen LogP contribution in [-0.4, -0.2) is 25.0 Å². The summed E-state index contributed by atoms with van der Waals surface area (Å²) >= 11 is 0. The number of unbranched alkanes of at least 4 members (excludes halogenated alkanes) is 1. The van der Waals surface area contributed by atoms with Gasteiger partial charge in [0.15, 0.2) is 0 Å². The lowest BCUT2D eigenvalue weighted by atomic mass is 9.88. The van der Waals surface area contributed by atoms with Crippen molar-refractivity contribution < 1.29 is 0 Å². The van der Waals surface area contributed by atoms with Crippen LogP contribution in [0.15, 0.2) is 91.5 Å². The zero-order valence-corrected chi connectivity index (χ0v) is 22.5. The highest BCUT2D eigenvalue weighted by molar-refractivity contribution is 5.71. The normalized spacial score (nSPS) is 11.3. The maximum atomic E-state index is 4.65. The number of rotatable bonds is 10. The van der Waals surface area contributed by atoms with Gasteiger partial charge in [-0.25, -0.2) is 4.68 Å². The van der Waals surface area contributed by atoms with Crippen LogP contribution in [0.25, 0.3) is 39.3 Å². The average Bonchev–Trinajstić information content (AvgIpc) is 3.48. The van der Waals surface area contributed by atoms with Gasteiger partial charge in [0.25, 0.3) is 0 Å². The molecule has 0 atom stereocenters. The molecule has 5 rings (SSSR count). The number of hydrogen-bond donors (Lipinski definition) is 0. The lowest BCUT2D eigenvalue weighted by Crippen LogP contribution is -2.02. The Balaban J connectivity index is 1.45. The first-order valence-electron chi connectivity index (χ1n) is 13.7. The van der Waals surface area contributed by atoms with Crippen molar-refractivity contribution in [1.82, 2.24) is 25.0 Å². The van der Waals surface area contributed by atoms with Gasteiger partial charge in [-0.1, -0.05) is 68.8 Å². The van der Waals surface area contributed by atoms with Crippen LogP contribution in [0.4, 0.5) is 0 Å². The van der Waals surface area contributed by atoms with E-state index >= 15 is 0 Å². The SMILES string of the molecule is CCCCc1ccc(-c2cncc(-c3cn(-c4ccc(C(CC)CC)c(-c5ccccn5)c4)nn3)c2)cc1. The lowest BCUT2D eigenvalue weighted by Gasteiger charge is -2.18. The van der Waals surface area contributed by atoms with E-state index in [-0.39, 0.29) is 0 Å². The standard InChI is InChI=1S/C33H35N5/c1-4-7-10-24-12-14-26(15-13-24)27-19-28(22-34-21-27)33-23-38(37-36-33)29-16-17-30(25(5-2)6-3)31(20-29)32-11-8-9-18-35-32/h8-9,11-23,25H,4-7,10H2,1-3H3. The maximum Gasteiger partial charge on any atom is 0.115 e. The van der Waals surface area contributed by atoms with Crippen LogP contribution in [0.1, 0.15) is 63.5 Å².